The number of methoxy groups -OCH3 is 2. The molecular weight excluding hydrogens is 308 g/mol. The summed E-state index contributed by atoms with van der Waals surface area (Å²) in [5.41, 5.74) is 1.99. The van der Waals surface area contributed by atoms with Gasteiger partial charge in [-0.1, -0.05) is 12.1 Å². The Morgan fingerprint density at radius 2 is 1.71 bits per heavy atom. The fourth-order valence-electron chi connectivity index (χ4n) is 2.10. The standard InChI is InChI=1S/C18H20N2O4/c1-12(21)19-11-13-4-6-14(7-5-13)18(22)20-16-9-8-15(23-2)10-17(16)24-3/h4-10H,11H2,1-3H3,(H,19,21)(H,20,22). The molecule has 0 bridgehead atoms. The van der Waals surface area contributed by atoms with Crippen LogP contribution in [-0.2, 0) is 11.3 Å². The number of nitrogens with one attached hydrogen (secondary N) is 2. The van der Waals surface area contributed by atoms with E-state index in [2.05, 4.69) is 10.6 Å². The second-order valence-electron chi connectivity index (χ2n) is 5.13. The van der Waals surface area contributed by atoms with Gasteiger partial charge in [0.1, 0.15) is 11.5 Å². The summed E-state index contributed by atoms with van der Waals surface area (Å²) < 4.78 is 10.4. The Kier molecular flexibility index (Phi) is 5.78. The Morgan fingerprint density at radius 1 is 1.00 bits per heavy atom. The maximum atomic E-state index is 12.3. The zero-order valence-electron chi connectivity index (χ0n) is 13.9. The van der Waals surface area contributed by atoms with Crippen molar-refractivity contribution < 1.29 is 19.1 Å². The first-order chi connectivity index (χ1) is 11.5. The van der Waals surface area contributed by atoms with E-state index in [1.54, 1.807) is 49.6 Å². The van der Waals surface area contributed by atoms with E-state index < -0.39 is 0 Å². The van der Waals surface area contributed by atoms with Gasteiger partial charge in [0.2, 0.25) is 5.91 Å². The molecule has 0 unspecified atom stereocenters. The SMILES string of the molecule is COc1ccc(NC(=O)c2ccc(CNC(C)=O)cc2)c(OC)c1. The highest BCUT2D eigenvalue weighted by atomic mass is 16.5. The predicted molar refractivity (Wildman–Crippen MR) is 91.5 cm³/mol. The maximum Gasteiger partial charge on any atom is 0.255 e. The first kappa shape index (κ1) is 17.3. The van der Waals surface area contributed by atoms with Gasteiger partial charge in [-0.05, 0) is 29.8 Å². The minimum absolute atomic E-state index is 0.0941. The molecule has 0 saturated heterocycles. The van der Waals surface area contributed by atoms with Crippen molar-refractivity contribution in [1.82, 2.24) is 5.32 Å². The number of ether oxygens (including phenoxy) is 2. The molecule has 24 heavy (non-hydrogen) atoms. The third kappa shape index (κ3) is 4.49. The molecule has 0 aromatic heterocycles. The molecule has 126 valence electrons. The number of hydrogen-bond acceptors (Lipinski definition) is 4. The fourth-order valence-corrected chi connectivity index (χ4v) is 2.10. The van der Waals surface area contributed by atoms with Crippen LogP contribution in [0.2, 0.25) is 0 Å². The largest absolute Gasteiger partial charge is 0.497 e. The summed E-state index contributed by atoms with van der Waals surface area (Å²) in [5.74, 6) is 0.824. The van der Waals surface area contributed by atoms with Gasteiger partial charge in [-0.15, -0.1) is 0 Å². The van der Waals surface area contributed by atoms with Crippen molar-refractivity contribution in [3.05, 3.63) is 53.6 Å². The molecule has 2 amide bonds. The maximum absolute atomic E-state index is 12.3. The molecule has 2 N–H and O–H groups in total. The van der Waals surface area contributed by atoms with Gasteiger partial charge in [0.25, 0.3) is 5.91 Å². The van der Waals surface area contributed by atoms with Crippen molar-refractivity contribution in [2.45, 2.75) is 13.5 Å². The molecular formula is C18H20N2O4. The zero-order valence-corrected chi connectivity index (χ0v) is 13.9. The van der Waals surface area contributed by atoms with Gasteiger partial charge in [0, 0.05) is 25.1 Å². The van der Waals surface area contributed by atoms with Crippen molar-refractivity contribution in [3.8, 4) is 11.5 Å². The van der Waals surface area contributed by atoms with Crippen LogP contribution in [0.1, 0.15) is 22.8 Å². The molecule has 0 radical (unpaired) electrons. The summed E-state index contributed by atoms with van der Waals surface area (Å²) in [4.78, 5) is 23.3. The van der Waals surface area contributed by atoms with Crippen LogP contribution in [-0.4, -0.2) is 26.0 Å². The molecule has 0 spiro atoms. The summed E-state index contributed by atoms with van der Waals surface area (Å²) in [6, 6.07) is 12.2. The molecule has 6 nitrogen and oxygen atoms in total. The average molecular weight is 328 g/mol. The Hall–Kier alpha value is -3.02. The minimum atomic E-state index is -0.246. The summed E-state index contributed by atoms with van der Waals surface area (Å²) in [6.45, 7) is 1.90. The van der Waals surface area contributed by atoms with E-state index in [4.69, 9.17) is 9.47 Å². The van der Waals surface area contributed by atoms with Gasteiger partial charge in [-0.3, -0.25) is 9.59 Å². The van der Waals surface area contributed by atoms with Crippen molar-refractivity contribution in [2.24, 2.45) is 0 Å². The van der Waals surface area contributed by atoms with Crippen LogP contribution >= 0.6 is 0 Å². The van der Waals surface area contributed by atoms with Crippen molar-refractivity contribution in [1.29, 1.82) is 0 Å². The third-order valence-corrected chi connectivity index (χ3v) is 3.41. The number of anilines is 1. The normalized spacial score (nSPS) is 9.96. The lowest BCUT2D eigenvalue weighted by Crippen LogP contribution is -2.19. The highest BCUT2D eigenvalue weighted by Crippen LogP contribution is 2.29. The van der Waals surface area contributed by atoms with Gasteiger partial charge < -0.3 is 20.1 Å². The van der Waals surface area contributed by atoms with E-state index in [0.29, 0.717) is 29.3 Å². The van der Waals surface area contributed by atoms with E-state index in [1.165, 1.54) is 14.0 Å². The highest BCUT2D eigenvalue weighted by molar-refractivity contribution is 6.05. The fraction of sp³-hybridized carbons (Fsp3) is 0.222. The van der Waals surface area contributed by atoms with Gasteiger partial charge in [0.15, 0.2) is 0 Å². The number of benzene rings is 2. The molecule has 0 fully saturated rings. The molecule has 2 rings (SSSR count). The van der Waals surface area contributed by atoms with Gasteiger partial charge in [-0.2, -0.15) is 0 Å². The molecule has 2 aromatic carbocycles. The van der Waals surface area contributed by atoms with E-state index in [9.17, 15) is 9.59 Å². The quantitative estimate of drug-likeness (QED) is 0.854. The number of amides is 2. The van der Waals surface area contributed by atoms with E-state index in [1.807, 2.05) is 0 Å². The van der Waals surface area contributed by atoms with Crippen LogP contribution in [0, 0.1) is 0 Å². The smallest absolute Gasteiger partial charge is 0.255 e. The second-order valence-corrected chi connectivity index (χ2v) is 5.13. The van der Waals surface area contributed by atoms with Crippen molar-refractivity contribution >= 4 is 17.5 Å². The van der Waals surface area contributed by atoms with Gasteiger partial charge in [-0.25, -0.2) is 0 Å². The first-order valence-corrected chi connectivity index (χ1v) is 7.40. The monoisotopic (exact) mass is 328 g/mol. The Morgan fingerprint density at radius 3 is 2.29 bits per heavy atom. The van der Waals surface area contributed by atoms with E-state index >= 15 is 0 Å². The second kappa shape index (κ2) is 8.01. The summed E-state index contributed by atoms with van der Waals surface area (Å²) in [5, 5.41) is 5.52. The molecule has 0 aliphatic heterocycles. The van der Waals surface area contributed by atoms with Crippen LogP contribution in [0.15, 0.2) is 42.5 Å². The van der Waals surface area contributed by atoms with Crippen LogP contribution in [0.4, 0.5) is 5.69 Å². The Bertz CT molecular complexity index is 726. The zero-order chi connectivity index (χ0) is 17.5. The molecule has 0 atom stereocenters. The third-order valence-electron chi connectivity index (χ3n) is 3.41. The van der Waals surface area contributed by atoms with E-state index in [0.717, 1.165) is 5.56 Å². The lowest BCUT2D eigenvalue weighted by Gasteiger charge is -2.12. The summed E-state index contributed by atoms with van der Waals surface area (Å²) in [6.07, 6.45) is 0. The van der Waals surface area contributed by atoms with Crippen LogP contribution in [0.3, 0.4) is 0 Å². The van der Waals surface area contributed by atoms with Gasteiger partial charge >= 0.3 is 0 Å². The van der Waals surface area contributed by atoms with Gasteiger partial charge in [0.05, 0.1) is 19.9 Å². The van der Waals surface area contributed by atoms with Crippen LogP contribution in [0.25, 0.3) is 0 Å². The molecule has 6 heteroatoms. The van der Waals surface area contributed by atoms with Crippen LogP contribution in [0.5, 0.6) is 11.5 Å². The molecule has 0 saturated carbocycles. The molecule has 0 aliphatic carbocycles. The number of carbonyl (C=O) groups excluding carboxylic acids is 2. The van der Waals surface area contributed by atoms with Crippen molar-refractivity contribution in [3.63, 3.8) is 0 Å². The highest BCUT2D eigenvalue weighted by Gasteiger charge is 2.11. The Labute approximate surface area is 140 Å². The predicted octanol–water partition coefficient (Wildman–Crippen LogP) is 2.59. The van der Waals surface area contributed by atoms with Crippen LogP contribution < -0.4 is 20.1 Å². The Balaban J connectivity index is 2.08. The van der Waals surface area contributed by atoms with Crippen molar-refractivity contribution in [2.75, 3.05) is 19.5 Å². The topological polar surface area (TPSA) is 76.7 Å². The number of carbonyl (C=O) groups is 2. The lowest BCUT2D eigenvalue weighted by atomic mass is 10.1. The number of rotatable bonds is 6. The molecule has 2 aromatic rings. The average Bonchev–Trinajstić information content (AvgIpc) is 2.60. The minimum Gasteiger partial charge on any atom is -0.497 e. The molecule has 0 heterocycles. The summed E-state index contributed by atoms with van der Waals surface area (Å²) in [7, 11) is 3.09. The first-order valence-electron chi connectivity index (χ1n) is 7.40. The molecule has 0 aliphatic rings. The van der Waals surface area contributed by atoms with E-state index in [-0.39, 0.29) is 11.8 Å². The summed E-state index contributed by atoms with van der Waals surface area (Å²) >= 11 is 0. The lowest BCUT2D eigenvalue weighted by molar-refractivity contribution is -0.119. The number of hydrogen-bond donors (Lipinski definition) is 2.